The van der Waals surface area contributed by atoms with Gasteiger partial charge in [-0.25, -0.2) is 9.61 Å². The van der Waals surface area contributed by atoms with Crippen LogP contribution < -0.4 is 10.9 Å². The molecule has 3 aromatic heterocycles. The quantitative estimate of drug-likeness (QED) is 0.751. The number of pyridine rings is 2. The number of aromatic amines is 1. The fourth-order valence-electron chi connectivity index (χ4n) is 1.64. The molecule has 0 radical (unpaired) electrons. The van der Waals surface area contributed by atoms with E-state index < -0.39 is 17.4 Å². The number of hydrogen-bond acceptors (Lipinski definition) is 6. The molecule has 0 saturated carbocycles. The number of halogens is 3. The van der Waals surface area contributed by atoms with Gasteiger partial charge in [0.2, 0.25) is 5.65 Å². The number of nitrogens with one attached hydrogen (secondary N) is 2. The van der Waals surface area contributed by atoms with Crippen LogP contribution in [-0.4, -0.2) is 20.3 Å². The molecule has 3 rings (SSSR count). The number of H-pyrrole nitrogens is 1. The number of anilines is 2. The van der Waals surface area contributed by atoms with Crippen LogP contribution in [0.1, 0.15) is 5.69 Å². The molecule has 0 aliphatic heterocycles. The molecule has 0 saturated heterocycles. The zero-order valence-electron chi connectivity index (χ0n) is 10.1. The Bertz CT molecular complexity index is 837. The van der Waals surface area contributed by atoms with Gasteiger partial charge >= 0.3 is 6.18 Å². The summed E-state index contributed by atoms with van der Waals surface area (Å²) in [7, 11) is 0. The first-order valence-electron chi connectivity index (χ1n) is 5.59. The van der Waals surface area contributed by atoms with Crippen LogP contribution in [-0.2, 0) is 6.18 Å². The molecule has 0 unspecified atom stereocenters. The van der Waals surface area contributed by atoms with Gasteiger partial charge in [0.05, 0.1) is 11.9 Å². The molecule has 0 atom stereocenters. The van der Waals surface area contributed by atoms with Crippen LogP contribution in [0.3, 0.4) is 0 Å². The van der Waals surface area contributed by atoms with E-state index in [4.69, 9.17) is 0 Å². The molecule has 3 heterocycles. The van der Waals surface area contributed by atoms with Crippen molar-refractivity contribution in [2.24, 2.45) is 0 Å². The first-order chi connectivity index (χ1) is 9.93. The summed E-state index contributed by atoms with van der Waals surface area (Å²) in [5.74, 6) is 0. The van der Waals surface area contributed by atoms with E-state index in [0.717, 1.165) is 12.3 Å². The minimum absolute atomic E-state index is 0.0831. The van der Waals surface area contributed by atoms with Crippen LogP contribution in [0, 0.1) is 0 Å². The van der Waals surface area contributed by atoms with E-state index in [9.17, 15) is 18.0 Å². The fraction of sp³-hybridized carbons (Fsp3) is 0.0909. The number of hydrogen-bond donors (Lipinski definition) is 2. The summed E-state index contributed by atoms with van der Waals surface area (Å²) >= 11 is 0. The predicted molar refractivity (Wildman–Crippen MR) is 64.9 cm³/mol. The average Bonchev–Trinajstić information content (AvgIpc) is 2.86. The van der Waals surface area contributed by atoms with E-state index in [1.807, 2.05) is 0 Å². The van der Waals surface area contributed by atoms with Gasteiger partial charge in [-0.15, -0.1) is 0 Å². The molecule has 21 heavy (non-hydrogen) atoms. The van der Waals surface area contributed by atoms with Gasteiger partial charge in [-0.05, 0) is 22.4 Å². The zero-order chi connectivity index (χ0) is 15.0. The molecule has 10 heteroatoms. The number of fused-ring (bicyclic) bond motifs is 1. The third-order valence-electron chi connectivity index (χ3n) is 2.60. The Morgan fingerprint density at radius 1 is 1.24 bits per heavy atom. The maximum Gasteiger partial charge on any atom is 0.433 e. The third-order valence-corrected chi connectivity index (χ3v) is 2.60. The summed E-state index contributed by atoms with van der Waals surface area (Å²) in [6, 6.07) is 3.34. The van der Waals surface area contributed by atoms with E-state index in [-0.39, 0.29) is 17.0 Å². The second kappa shape index (κ2) is 4.58. The van der Waals surface area contributed by atoms with Gasteiger partial charge in [0, 0.05) is 6.07 Å². The Labute approximate surface area is 113 Å². The summed E-state index contributed by atoms with van der Waals surface area (Å²) in [5, 5.41) is 9.66. The lowest BCUT2D eigenvalue weighted by Gasteiger charge is -2.08. The number of alkyl halides is 3. The first kappa shape index (κ1) is 13.1. The van der Waals surface area contributed by atoms with Crippen LogP contribution in [0.4, 0.5) is 24.5 Å². The van der Waals surface area contributed by atoms with Gasteiger partial charge in [-0.1, -0.05) is 0 Å². The van der Waals surface area contributed by atoms with Crippen molar-refractivity contribution in [2.45, 2.75) is 6.18 Å². The van der Waals surface area contributed by atoms with Crippen molar-refractivity contribution in [3.63, 3.8) is 0 Å². The fourth-order valence-corrected chi connectivity index (χ4v) is 1.64. The highest BCUT2D eigenvalue weighted by atomic mass is 19.4. The van der Waals surface area contributed by atoms with Crippen LogP contribution in [0.25, 0.3) is 11.2 Å². The third kappa shape index (κ3) is 2.55. The smallest absolute Gasteiger partial charge is 0.350 e. The highest BCUT2D eigenvalue weighted by Crippen LogP contribution is 2.28. The summed E-state index contributed by atoms with van der Waals surface area (Å²) < 4.78 is 41.6. The molecule has 0 spiro atoms. The van der Waals surface area contributed by atoms with Crippen molar-refractivity contribution in [1.82, 2.24) is 20.3 Å². The topological polar surface area (TPSA) is 96.7 Å². The Morgan fingerprint density at radius 2 is 2.05 bits per heavy atom. The standard InChI is InChI=1S/C11H6F3N5O2/c12-11(13,14)8-2-1-5(4-15-8)16-7-3-6-9(17-10(7)20)19-21-18-6/h1-4,16H,(H,17,19,20). The maximum absolute atomic E-state index is 12.4. The van der Waals surface area contributed by atoms with Gasteiger partial charge in [0.25, 0.3) is 5.56 Å². The Kier molecular flexibility index (Phi) is 2.85. The molecular weight excluding hydrogens is 291 g/mol. The second-order valence-electron chi connectivity index (χ2n) is 4.07. The minimum atomic E-state index is -4.51. The van der Waals surface area contributed by atoms with Crippen LogP contribution in [0.2, 0.25) is 0 Å². The van der Waals surface area contributed by atoms with E-state index in [1.165, 1.54) is 12.1 Å². The van der Waals surface area contributed by atoms with Crippen molar-refractivity contribution in [3.8, 4) is 0 Å². The van der Waals surface area contributed by atoms with Crippen LogP contribution in [0.5, 0.6) is 0 Å². The average molecular weight is 297 g/mol. The lowest BCUT2D eigenvalue weighted by atomic mass is 10.3. The Balaban J connectivity index is 1.91. The van der Waals surface area contributed by atoms with Gasteiger partial charge in [-0.3, -0.25) is 4.79 Å². The molecule has 0 aliphatic carbocycles. The Hall–Kier alpha value is -2.91. The van der Waals surface area contributed by atoms with Crippen molar-refractivity contribution in [2.75, 3.05) is 5.32 Å². The molecule has 0 amide bonds. The first-order valence-corrected chi connectivity index (χ1v) is 5.59. The van der Waals surface area contributed by atoms with Crippen LogP contribution >= 0.6 is 0 Å². The highest BCUT2D eigenvalue weighted by Gasteiger charge is 2.32. The maximum atomic E-state index is 12.4. The number of aromatic nitrogens is 4. The predicted octanol–water partition coefficient (Wildman–Crippen LogP) is 2.07. The summed E-state index contributed by atoms with van der Waals surface area (Å²) in [5.41, 5.74) is -0.742. The number of nitrogens with zero attached hydrogens (tertiary/aromatic N) is 3. The van der Waals surface area contributed by atoms with Gasteiger partial charge in [0.1, 0.15) is 11.4 Å². The molecule has 108 valence electrons. The number of rotatable bonds is 2. The second-order valence-corrected chi connectivity index (χ2v) is 4.07. The van der Waals surface area contributed by atoms with Crippen LogP contribution in [0.15, 0.2) is 33.8 Å². The van der Waals surface area contributed by atoms with Gasteiger partial charge in [0.15, 0.2) is 5.52 Å². The summed E-state index contributed by atoms with van der Waals surface area (Å²) in [6.07, 6.45) is -3.53. The Morgan fingerprint density at radius 3 is 2.71 bits per heavy atom. The van der Waals surface area contributed by atoms with Crippen molar-refractivity contribution in [3.05, 3.63) is 40.4 Å². The van der Waals surface area contributed by atoms with E-state index >= 15 is 0 Å². The van der Waals surface area contributed by atoms with Crippen molar-refractivity contribution >= 4 is 22.5 Å². The van der Waals surface area contributed by atoms with Gasteiger partial charge < -0.3 is 10.3 Å². The largest absolute Gasteiger partial charge is 0.433 e. The molecule has 7 nitrogen and oxygen atoms in total. The molecule has 0 bridgehead atoms. The lowest BCUT2D eigenvalue weighted by Crippen LogP contribution is -2.12. The summed E-state index contributed by atoms with van der Waals surface area (Å²) in [6.45, 7) is 0. The van der Waals surface area contributed by atoms with E-state index in [1.54, 1.807) is 0 Å². The molecule has 0 aromatic carbocycles. The minimum Gasteiger partial charge on any atom is -0.350 e. The molecular formula is C11H6F3N5O2. The molecule has 0 fully saturated rings. The molecule has 0 aliphatic rings. The van der Waals surface area contributed by atoms with Crippen molar-refractivity contribution < 1.29 is 17.8 Å². The van der Waals surface area contributed by atoms with Gasteiger partial charge in [-0.2, -0.15) is 13.2 Å². The van der Waals surface area contributed by atoms with E-state index in [2.05, 4.69) is 30.2 Å². The molecule has 2 N–H and O–H groups in total. The summed E-state index contributed by atoms with van der Waals surface area (Å²) in [4.78, 5) is 17.4. The zero-order valence-corrected chi connectivity index (χ0v) is 10.1. The SMILES string of the molecule is O=c1[nH]c2nonc2cc1Nc1ccc(C(F)(F)F)nc1. The normalized spacial score (nSPS) is 11.8. The van der Waals surface area contributed by atoms with Crippen molar-refractivity contribution in [1.29, 1.82) is 0 Å². The highest BCUT2D eigenvalue weighted by molar-refractivity contribution is 5.74. The molecule has 3 aromatic rings. The van der Waals surface area contributed by atoms with E-state index in [0.29, 0.717) is 5.52 Å². The lowest BCUT2D eigenvalue weighted by molar-refractivity contribution is -0.141. The monoisotopic (exact) mass is 297 g/mol.